The van der Waals surface area contributed by atoms with Crippen molar-refractivity contribution in [2.75, 3.05) is 37.9 Å². The molecule has 0 saturated carbocycles. The number of anilines is 1. The molecule has 9 nitrogen and oxygen atoms in total. The molecule has 2 aromatic carbocycles. The highest BCUT2D eigenvalue weighted by atomic mass is 32.2. The molecule has 0 bridgehead atoms. The third-order valence-corrected chi connectivity index (χ3v) is 7.06. The largest absolute Gasteiger partial charge is 0.497 e. The summed E-state index contributed by atoms with van der Waals surface area (Å²) in [6.45, 7) is 5.76. The van der Waals surface area contributed by atoms with E-state index in [-0.39, 0.29) is 23.9 Å². The molecular weight excluding hydrogens is 482 g/mol. The van der Waals surface area contributed by atoms with Crippen LogP contribution in [-0.2, 0) is 26.2 Å². The molecule has 198 valence electrons. The minimum Gasteiger partial charge on any atom is -0.497 e. The van der Waals surface area contributed by atoms with Crippen LogP contribution in [0.3, 0.4) is 0 Å². The number of nitrogens with one attached hydrogen (secondary N) is 1. The molecule has 2 amide bonds. The van der Waals surface area contributed by atoms with Crippen molar-refractivity contribution in [1.82, 2.24) is 10.2 Å². The first-order valence-corrected chi connectivity index (χ1v) is 13.7. The minimum atomic E-state index is -3.88. The zero-order valence-electron chi connectivity index (χ0n) is 21.9. The van der Waals surface area contributed by atoms with E-state index in [0.29, 0.717) is 12.3 Å². The summed E-state index contributed by atoms with van der Waals surface area (Å²) >= 11 is 0. The van der Waals surface area contributed by atoms with E-state index in [1.54, 1.807) is 19.1 Å². The third-order valence-electron chi connectivity index (χ3n) is 5.93. The molecule has 0 aliphatic heterocycles. The van der Waals surface area contributed by atoms with Gasteiger partial charge < -0.3 is 19.7 Å². The molecule has 2 aromatic rings. The number of nitrogens with zero attached hydrogens (tertiary/aromatic N) is 2. The van der Waals surface area contributed by atoms with Gasteiger partial charge in [0.05, 0.1) is 26.2 Å². The van der Waals surface area contributed by atoms with Crippen LogP contribution in [0.2, 0.25) is 0 Å². The van der Waals surface area contributed by atoms with Crippen molar-refractivity contribution in [2.45, 2.75) is 46.2 Å². The number of carbonyl (C=O) groups excluding carboxylic acids is 2. The average molecular weight is 520 g/mol. The monoisotopic (exact) mass is 519 g/mol. The summed E-state index contributed by atoms with van der Waals surface area (Å²) in [5, 5.41) is 2.87. The van der Waals surface area contributed by atoms with Crippen LogP contribution in [0.25, 0.3) is 0 Å². The Labute approximate surface area is 214 Å². The Kier molecular flexibility index (Phi) is 10.6. The lowest BCUT2D eigenvalue weighted by Gasteiger charge is -2.32. The zero-order chi connectivity index (χ0) is 26.9. The van der Waals surface area contributed by atoms with Crippen molar-refractivity contribution in [1.29, 1.82) is 0 Å². The number of ether oxygens (including phenoxy) is 2. The molecule has 2 rings (SSSR count). The Morgan fingerprint density at radius 1 is 1.08 bits per heavy atom. The number of benzene rings is 2. The fourth-order valence-electron chi connectivity index (χ4n) is 3.68. The van der Waals surface area contributed by atoms with Gasteiger partial charge in [-0.25, -0.2) is 8.42 Å². The number of hydrogen-bond acceptors (Lipinski definition) is 6. The Morgan fingerprint density at radius 3 is 2.36 bits per heavy atom. The lowest BCUT2D eigenvalue weighted by atomic mass is 10.1. The van der Waals surface area contributed by atoms with E-state index in [1.807, 2.05) is 38.1 Å². The smallest absolute Gasteiger partial charge is 0.244 e. The molecule has 0 radical (unpaired) electrons. The maximum absolute atomic E-state index is 13.7. The number of hydrogen-bond donors (Lipinski definition) is 1. The van der Waals surface area contributed by atoms with Crippen molar-refractivity contribution in [3.05, 3.63) is 53.6 Å². The summed E-state index contributed by atoms with van der Waals surface area (Å²) in [6, 6.07) is 11.4. The normalized spacial score (nSPS) is 11.9. The Morgan fingerprint density at radius 2 is 1.78 bits per heavy atom. The topological polar surface area (TPSA) is 105 Å². The van der Waals surface area contributed by atoms with Crippen molar-refractivity contribution in [3.8, 4) is 11.5 Å². The molecule has 0 unspecified atom stereocenters. The van der Waals surface area contributed by atoms with Gasteiger partial charge in [-0.05, 0) is 43.5 Å². The third kappa shape index (κ3) is 7.61. The number of unbranched alkanes of at least 4 members (excludes halogenated alkanes) is 1. The first kappa shape index (κ1) is 29.0. The second-order valence-electron chi connectivity index (χ2n) is 8.58. The summed E-state index contributed by atoms with van der Waals surface area (Å²) in [4.78, 5) is 28.0. The van der Waals surface area contributed by atoms with Gasteiger partial charge in [0.2, 0.25) is 21.8 Å². The van der Waals surface area contributed by atoms with E-state index in [9.17, 15) is 18.0 Å². The molecule has 0 heterocycles. The average Bonchev–Trinajstić information content (AvgIpc) is 2.85. The van der Waals surface area contributed by atoms with E-state index >= 15 is 0 Å². The van der Waals surface area contributed by atoms with E-state index in [1.165, 1.54) is 25.2 Å². The molecule has 10 heteroatoms. The molecule has 1 N–H and O–H groups in total. The predicted molar refractivity (Wildman–Crippen MR) is 141 cm³/mol. The van der Waals surface area contributed by atoms with E-state index in [4.69, 9.17) is 9.47 Å². The van der Waals surface area contributed by atoms with Gasteiger partial charge in [0.1, 0.15) is 24.1 Å². The van der Waals surface area contributed by atoms with Gasteiger partial charge in [0.15, 0.2) is 0 Å². The standard InChI is InChI=1S/C26H37N3O6S/c1-7-8-15-27-26(31)20(3)28(17-21-12-10-9-11-19(21)2)25(30)18-29(36(6,32)33)23-14-13-22(34-4)16-24(23)35-5/h9-14,16,20H,7-8,15,17-18H2,1-6H3,(H,27,31)/t20-/m0/s1. The van der Waals surface area contributed by atoms with Crippen LogP contribution in [0.5, 0.6) is 11.5 Å². The van der Waals surface area contributed by atoms with Gasteiger partial charge in [0.25, 0.3) is 0 Å². The second-order valence-corrected chi connectivity index (χ2v) is 10.5. The highest BCUT2D eigenvalue weighted by Gasteiger charge is 2.31. The summed E-state index contributed by atoms with van der Waals surface area (Å²) < 4.78 is 37.2. The second kappa shape index (κ2) is 13.2. The number of amides is 2. The summed E-state index contributed by atoms with van der Waals surface area (Å²) in [5.74, 6) is -0.0877. The number of aryl methyl sites for hydroxylation is 1. The van der Waals surface area contributed by atoms with Gasteiger partial charge in [-0.3, -0.25) is 13.9 Å². The van der Waals surface area contributed by atoms with E-state index in [0.717, 1.165) is 34.5 Å². The van der Waals surface area contributed by atoms with Crippen molar-refractivity contribution in [3.63, 3.8) is 0 Å². The predicted octanol–water partition coefficient (Wildman–Crippen LogP) is 3.11. The maximum atomic E-state index is 13.7. The molecule has 0 spiro atoms. The van der Waals surface area contributed by atoms with Gasteiger partial charge in [-0.2, -0.15) is 0 Å². The lowest BCUT2D eigenvalue weighted by molar-refractivity contribution is -0.139. The summed E-state index contributed by atoms with van der Waals surface area (Å²) in [7, 11) is -0.980. The van der Waals surface area contributed by atoms with Crippen molar-refractivity contribution >= 4 is 27.5 Å². The first-order chi connectivity index (χ1) is 17.0. The molecular formula is C26H37N3O6S. The van der Waals surface area contributed by atoms with Crippen LogP contribution >= 0.6 is 0 Å². The quantitative estimate of drug-likeness (QED) is 0.408. The van der Waals surface area contributed by atoms with Gasteiger partial charge >= 0.3 is 0 Å². The van der Waals surface area contributed by atoms with E-state index < -0.39 is 28.5 Å². The molecule has 1 atom stereocenters. The lowest BCUT2D eigenvalue weighted by Crippen LogP contribution is -2.51. The molecule has 36 heavy (non-hydrogen) atoms. The minimum absolute atomic E-state index is 0.158. The van der Waals surface area contributed by atoms with Gasteiger partial charge in [-0.15, -0.1) is 0 Å². The van der Waals surface area contributed by atoms with Crippen LogP contribution in [0.1, 0.15) is 37.8 Å². The number of methoxy groups -OCH3 is 2. The molecule has 0 fully saturated rings. The maximum Gasteiger partial charge on any atom is 0.244 e. The zero-order valence-corrected chi connectivity index (χ0v) is 22.7. The molecule has 0 aliphatic rings. The van der Waals surface area contributed by atoms with Crippen LogP contribution in [0.4, 0.5) is 5.69 Å². The van der Waals surface area contributed by atoms with Crippen LogP contribution in [-0.4, -0.2) is 64.7 Å². The SMILES string of the molecule is CCCCNC(=O)[C@H](C)N(Cc1ccccc1C)C(=O)CN(c1ccc(OC)cc1OC)S(C)(=O)=O. The van der Waals surface area contributed by atoms with Crippen LogP contribution < -0.4 is 19.1 Å². The first-order valence-electron chi connectivity index (χ1n) is 11.8. The van der Waals surface area contributed by atoms with Crippen LogP contribution in [0.15, 0.2) is 42.5 Å². The molecule has 0 aliphatic carbocycles. The number of rotatable bonds is 13. The van der Waals surface area contributed by atoms with Gasteiger partial charge in [-0.1, -0.05) is 37.6 Å². The van der Waals surface area contributed by atoms with E-state index in [2.05, 4.69) is 5.32 Å². The number of sulfonamides is 1. The van der Waals surface area contributed by atoms with Crippen molar-refractivity contribution < 1.29 is 27.5 Å². The summed E-state index contributed by atoms with van der Waals surface area (Å²) in [6.07, 6.45) is 2.77. The van der Waals surface area contributed by atoms with Crippen molar-refractivity contribution in [2.24, 2.45) is 0 Å². The fourth-order valence-corrected chi connectivity index (χ4v) is 4.53. The Bertz CT molecular complexity index is 1150. The van der Waals surface area contributed by atoms with Crippen LogP contribution in [0, 0.1) is 6.92 Å². The molecule has 0 saturated heterocycles. The number of carbonyl (C=O) groups is 2. The Hall–Kier alpha value is -3.27. The highest BCUT2D eigenvalue weighted by Crippen LogP contribution is 2.33. The molecule has 0 aromatic heterocycles. The Balaban J connectivity index is 2.44. The summed E-state index contributed by atoms with van der Waals surface area (Å²) in [5.41, 5.74) is 2.03. The van der Waals surface area contributed by atoms with Gasteiger partial charge in [0, 0.05) is 19.2 Å². The highest BCUT2D eigenvalue weighted by molar-refractivity contribution is 7.92. The fraction of sp³-hybridized carbons (Fsp3) is 0.462.